The molecule has 2 aliphatic heterocycles. The van der Waals surface area contributed by atoms with Crippen LogP contribution in [0.1, 0.15) is 86.9 Å². The first-order chi connectivity index (χ1) is 25.6. The van der Waals surface area contributed by atoms with Gasteiger partial charge in [0.2, 0.25) is 0 Å². The Labute approximate surface area is 315 Å². The third-order valence-electron chi connectivity index (χ3n) is 8.92. The number of amides is 3. The minimum atomic E-state index is -0.796. The molecule has 2 heterocycles. The van der Waals surface area contributed by atoms with Crippen molar-refractivity contribution in [1.82, 2.24) is 9.80 Å². The number of nitrogens with one attached hydrogen (secondary N) is 1. The second kappa shape index (κ2) is 18.6. The molecule has 0 saturated carbocycles. The highest BCUT2D eigenvalue weighted by molar-refractivity contribution is 6.04. The van der Waals surface area contributed by atoms with E-state index in [0.29, 0.717) is 43.9 Å². The van der Waals surface area contributed by atoms with Gasteiger partial charge in [0.05, 0.1) is 63.8 Å². The van der Waals surface area contributed by atoms with Crippen LogP contribution in [0, 0.1) is 0 Å². The molecule has 4 rings (SSSR count). The summed E-state index contributed by atoms with van der Waals surface area (Å²) in [6.45, 7) is 7.83. The summed E-state index contributed by atoms with van der Waals surface area (Å²) in [4.78, 5) is 66.8. The molecule has 296 valence electrons. The number of nitrogens with two attached hydrogens (primary N) is 1. The van der Waals surface area contributed by atoms with Crippen molar-refractivity contribution in [2.45, 2.75) is 83.9 Å². The summed E-state index contributed by atoms with van der Waals surface area (Å²) in [7, 11) is 4.21. The molecule has 3 amide bonds. The molecule has 16 nitrogen and oxygen atoms in total. The van der Waals surface area contributed by atoms with Crippen molar-refractivity contribution < 1.29 is 57.1 Å². The maximum absolute atomic E-state index is 13.9. The van der Waals surface area contributed by atoms with Crippen LogP contribution in [0.2, 0.25) is 0 Å². The van der Waals surface area contributed by atoms with E-state index in [1.165, 1.54) is 52.5 Å². The van der Waals surface area contributed by atoms with Crippen LogP contribution in [-0.2, 0) is 23.8 Å². The summed E-state index contributed by atoms with van der Waals surface area (Å²) in [5, 5.41) is 2.69. The quantitative estimate of drug-likeness (QED) is 0.109. The lowest BCUT2D eigenvalue weighted by molar-refractivity contribution is -0.142. The second-order valence-electron chi connectivity index (χ2n) is 14.0. The molecule has 16 heteroatoms. The summed E-state index contributed by atoms with van der Waals surface area (Å²) in [5.74, 6) is -0.346. The van der Waals surface area contributed by atoms with Crippen LogP contribution in [0.4, 0.5) is 16.2 Å². The Balaban J connectivity index is 1.45. The molecule has 0 bridgehead atoms. The maximum atomic E-state index is 13.9. The Morgan fingerprint density at radius 2 is 1.35 bits per heavy atom. The largest absolute Gasteiger partial charge is 0.493 e. The Hall–Kier alpha value is -5.41. The molecule has 2 fully saturated rings. The van der Waals surface area contributed by atoms with Gasteiger partial charge in [0.25, 0.3) is 11.8 Å². The number of carbonyl (C=O) groups is 5. The van der Waals surface area contributed by atoms with Crippen LogP contribution < -0.4 is 30.0 Å². The monoisotopic (exact) mass is 756 g/mol. The SMILES string of the molecule is COC(=O)C[C@@H]1CCCN1C(=O)c1cc(OC)c(OCCCOc2cc(NC(=O)OC(C)(C)C)c(C(=O)N3CCC[C@H]3COC(C)=O)cc2OC)cc1N. The van der Waals surface area contributed by atoms with Crippen molar-refractivity contribution in [3.8, 4) is 23.0 Å². The van der Waals surface area contributed by atoms with Crippen molar-refractivity contribution in [2.75, 3.05) is 65.3 Å². The fourth-order valence-corrected chi connectivity index (χ4v) is 6.37. The molecule has 0 aliphatic carbocycles. The predicted molar refractivity (Wildman–Crippen MR) is 197 cm³/mol. The summed E-state index contributed by atoms with van der Waals surface area (Å²) >= 11 is 0. The van der Waals surface area contributed by atoms with E-state index in [-0.39, 0.29) is 90.1 Å². The molecule has 0 spiro atoms. The number of hydrogen-bond donors (Lipinski definition) is 2. The average Bonchev–Trinajstić information content (AvgIpc) is 3.79. The van der Waals surface area contributed by atoms with Gasteiger partial charge in [0.15, 0.2) is 23.0 Å². The number of rotatable bonds is 15. The summed E-state index contributed by atoms with van der Waals surface area (Å²) in [6.07, 6.45) is 2.57. The Bertz CT molecular complexity index is 1690. The first-order valence-corrected chi connectivity index (χ1v) is 17.9. The third kappa shape index (κ3) is 10.8. The molecule has 0 unspecified atom stereocenters. The zero-order chi connectivity index (χ0) is 39.6. The van der Waals surface area contributed by atoms with E-state index in [2.05, 4.69) is 5.32 Å². The van der Waals surface area contributed by atoms with E-state index in [0.717, 1.165) is 12.8 Å². The van der Waals surface area contributed by atoms with Crippen LogP contribution in [0.15, 0.2) is 24.3 Å². The number of ether oxygens (including phenoxy) is 7. The summed E-state index contributed by atoms with van der Waals surface area (Å²) in [6, 6.07) is 5.47. The fraction of sp³-hybridized carbons (Fsp3) is 0.553. The van der Waals surface area contributed by atoms with Gasteiger partial charge in [-0.1, -0.05) is 0 Å². The van der Waals surface area contributed by atoms with Gasteiger partial charge in [-0.2, -0.15) is 0 Å². The van der Waals surface area contributed by atoms with Crippen molar-refractivity contribution in [3.63, 3.8) is 0 Å². The van der Waals surface area contributed by atoms with Gasteiger partial charge in [0, 0.05) is 50.3 Å². The van der Waals surface area contributed by atoms with Gasteiger partial charge in [-0.25, -0.2) is 4.79 Å². The number of esters is 2. The van der Waals surface area contributed by atoms with E-state index in [4.69, 9.17) is 38.9 Å². The van der Waals surface area contributed by atoms with Gasteiger partial charge in [-0.05, 0) is 58.6 Å². The first-order valence-electron chi connectivity index (χ1n) is 17.9. The lowest BCUT2D eigenvalue weighted by Gasteiger charge is -2.26. The number of likely N-dealkylation sites (tertiary alicyclic amines) is 2. The molecular formula is C38H52N4O12. The lowest BCUT2D eigenvalue weighted by atomic mass is 10.1. The third-order valence-corrected chi connectivity index (χ3v) is 8.92. The standard InChI is InChI=1S/C38H52N4O12/c1-23(43)53-22-25-12-9-14-42(25)36(46)27-19-31(49-6)33(21-29(27)40-37(47)54-38(2,3)4)52-16-10-15-51-32-20-28(39)26(18-30(32)48-5)35(45)41-13-8-11-24(41)17-34(44)50-7/h18-21,24-25H,8-17,22,39H2,1-7H3,(H,40,47)/t24-,25-/m0/s1. The summed E-state index contributed by atoms with van der Waals surface area (Å²) in [5.41, 5.74) is 6.27. The Morgan fingerprint density at radius 1 is 0.796 bits per heavy atom. The zero-order valence-corrected chi connectivity index (χ0v) is 32.1. The van der Waals surface area contributed by atoms with Gasteiger partial charge < -0.3 is 48.7 Å². The van der Waals surface area contributed by atoms with Crippen molar-refractivity contribution in [1.29, 1.82) is 0 Å². The minimum absolute atomic E-state index is 0.0640. The highest BCUT2D eigenvalue weighted by Crippen LogP contribution is 2.37. The smallest absolute Gasteiger partial charge is 0.412 e. The van der Waals surface area contributed by atoms with E-state index in [1.807, 2.05) is 0 Å². The summed E-state index contributed by atoms with van der Waals surface area (Å²) < 4.78 is 38.6. The van der Waals surface area contributed by atoms with E-state index in [1.54, 1.807) is 30.6 Å². The number of hydrogen-bond acceptors (Lipinski definition) is 13. The maximum Gasteiger partial charge on any atom is 0.412 e. The van der Waals surface area contributed by atoms with Crippen LogP contribution >= 0.6 is 0 Å². The molecule has 2 atom stereocenters. The topological polar surface area (TPSA) is 194 Å². The minimum Gasteiger partial charge on any atom is -0.493 e. The highest BCUT2D eigenvalue weighted by atomic mass is 16.6. The van der Waals surface area contributed by atoms with Crippen LogP contribution in [0.25, 0.3) is 0 Å². The van der Waals surface area contributed by atoms with Crippen molar-refractivity contribution in [3.05, 3.63) is 35.4 Å². The zero-order valence-electron chi connectivity index (χ0n) is 32.1. The number of benzene rings is 2. The second-order valence-corrected chi connectivity index (χ2v) is 14.0. The van der Waals surface area contributed by atoms with E-state index < -0.39 is 17.7 Å². The van der Waals surface area contributed by atoms with Gasteiger partial charge in [-0.15, -0.1) is 0 Å². The van der Waals surface area contributed by atoms with Crippen LogP contribution in [0.5, 0.6) is 23.0 Å². The van der Waals surface area contributed by atoms with Crippen LogP contribution in [0.3, 0.4) is 0 Å². The molecule has 54 heavy (non-hydrogen) atoms. The molecule has 2 aliphatic rings. The number of nitrogens with zero attached hydrogens (tertiary/aromatic N) is 2. The van der Waals surface area contributed by atoms with Crippen molar-refractivity contribution >= 4 is 41.2 Å². The average molecular weight is 757 g/mol. The number of nitrogen functional groups attached to an aromatic ring is 1. The van der Waals surface area contributed by atoms with Crippen LogP contribution in [-0.4, -0.2) is 112 Å². The van der Waals surface area contributed by atoms with Gasteiger partial charge in [0.1, 0.15) is 12.2 Å². The molecule has 3 N–H and O–H groups in total. The molecule has 0 aromatic heterocycles. The normalized spacial score (nSPS) is 16.7. The lowest BCUT2D eigenvalue weighted by Crippen LogP contribution is -2.39. The predicted octanol–water partition coefficient (Wildman–Crippen LogP) is 4.82. The van der Waals surface area contributed by atoms with E-state index >= 15 is 0 Å². The van der Waals surface area contributed by atoms with E-state index in [9.17, 15) is 24.0 Å². The van der Waals surface area contributed by atoms with Crippen molar-refractivity contribution in [2.24, 2.45) is 0 Å². The molecular weight excluding hydrogens is 704 g/mol. The fourth-order valence-electron chi connectivity index (χ4n) is 6.37. The first kappa shape index (κ1) is 41.3. The Kier molecular flexibility index (Phi) is 14.2. The number of anilines is 2. The van der Waals surface area contributed by atoms with Gasteiger partial charge in [-0.3, -0.25) is 24.5 Å². The number of carbonyl (C=O) groups excluding carboxylic acids is 5. The highest BCUT2D eigenvalue weighted by Gasteiger charge is 2.34. The molecule has 2 aromatic rings. The van der Waals surface area contributed by atoms with Gasteiger partial charge >= 0.3 is 18.0 Å². The Morgan fingerprint density at radius 3 is 1.93 bits per heavy atom. The molecule has 2 aromatic carbocycles. The molecule has 0 radical (unpaired) electrons. The molecule has 2 saturated heterocycles. The number of methoxy groups -OCH3 is 3.